The number of hydrogen-bond acceptors (Lipinski definition) is 1. The third-order valence-electron chi connectivity index (χ3n) is 2.40. The fourth-order valence-corrected chi connectivity index (χ4v) is 1.68. The summed E-state index contributed by atoms with van der Waals surface area (Å²) in [7, 11) is 0. The molecule has 1 N–H and O–H groups in total. The zero-order chi connectivity index (χ0) is 11.4. The Bertz CT molecular complexity index is 572. The first-order chi connectivity index (χ1) is 7.77. The summed E-state index contributed by atoms with van der Waals surface area (Å²) < 4.78 is 0. The van der Waals surface area contributed by atoms with Crippen LogP contribution in [0.2, 0.25) is 0 Å². The lowest BCUT2D eigenvalue weighted by atomic mass is 10.1. The monoisotopic (exact) mass is 213 g/mol. The highest BCUT2D eigenvalue weighted by Gasteiger charge is 2.04. The molecule has 1 aromatic carbocycles. The van der Waals surface area contributed by atoms with Crippen molar-refractivity contribution in [3.8, 4) is 6.07 Å². The van der Waals surface area contributed by atoms with E-state index in [0.717, 1.165) is 11.9 Å². The van der Waals surface area contributed by atoms with E-state index in [1.165, 1.54) is 17.9 Å². The summed E-state index contributed by atoms with van der Waals surface area (Å²) in [5.41, 5.74) is 2.36. The molecule has 2 aromatic rings. The summed E-state index contributed by atoms with van der Waals surface area (Å²) >= 11 is 0. The maximum absolute atomic E-state index is 10.6. The lowest BCUT2D eigenvalue weighted by Gasteiger charge is -1.90. The summed E-state index contributed by atoms with van der Waals surface area (Å²) in [6.07, 6.45) is 2.82. The number of aromatic nitrogens is 1. The van der Waals surface area contributed by atoms with Crippen LogP contribution in [0.3, 0.4) is 0 Å². The van der Waals surface area contributed by atoms with Crippen molar-refractivity contribution in [2.24, 2.45) is 0 Å². The van der Waals surface area contributed by atoms with Gasteiger partial charge in [-0.05, 0) is 11.6 Å². The first-order valence-electron chi connectivity index (χ1n) is 5.25. The molecule has 0 aliphatic heterocycles. The van der Waals surface area contributed by atoms with Gasteiger partial charge in [0.25, 0.3) is 12.3 Å². The van der Waals surface area contributed by atoms with Crippen molar-refractivity contribution < 1.29 is 4.79 Å². The molecule has 3 nitrogen and oxygen atoms in total. The Kier molecular flexibility index (Phi) is 3.02. The molecular weight excluding hydrogens is 200 g/mol. The van der Waals surface area contributed by atoms with Crippen LogP contribution in [0.1, 0.15) is 12.5 Å². The Morgan fingerprint density at radius 2 is 2.25 bits per heavy atom. The third-order valence-corrected chi connectivity index (χ3v) is 2.40. The summed E-state index contributed by atoms with van der Waals surface area (Å²) in [5, 5.41) is 1.22. The molecule has 0 amide bonds. The van der Waals surface area contributed by atoms with Crippen LogP contribution in [-0.2, 0) is 11.2 Å². The van der Waals surface area contributed by atoms with Gasteiger partial charge in [-0.3, -0.25) is 4.79 Å². The highest BCUT2D eigenvalue weighted by Crippen LogP contribution is 2.17. The smallest absolute Gasteiger partial charge is 0.350 e. The SMILES string of the molecule is CC(=O)C#[N+]CCc1c[nH]c2ccccc12. The van der Waals surface area contributed by atoms with Crippen LogP contribution in [0.4, 0.5) is 0 Å². The number of fused-ring (bicyclic) bond motifs is 1. The quantitative estimate of drug-likeness (QED) is 0.765. The number of para-hydroxylation sites is 1. The van der Waals surface area contributed by atoms with Gasteiger partial charge >= 0.3 is 6.07 Å². The summed E-state index contributed by atoms with van der Waals surface area (Å²) in [6, 6.07) is 10.6. The fraction of sp³-hybridized carbons (Fsp3) is 0.231. The molecule has 1 heterocycles. The molecule has 0 atom stereocenters. The van der Waals surface area contributed by atoms with Crippen LogP contribution in [0.25, 0.3) is 15.7 Å². The molecule has 80 valence electrons. The van der Waals surface area contributed by atoms with Crippen LogP contribution in [0, 0.1) is 6.07 Å². The summed E-state index contributed by atoms with van der Waals surface area (Å²) in [5.74, 6) is -0.126. The largest absolute Gasteiger partial charge is 0.361 e. The average Bonchev–Trinajstić information content (AvgIpc) is 2.68. The Hall–Kier alpha value is -2.08. The van der Waals surface area contributed by atoms with Gasteiger partial charge in [0.15, 0.2) is 0 Å². The van der Waals surface area contributed by atoms with E-state index in [-0.39, 0.29) is 5.78 Å². The highest BCUT2D eigenvalue weighted by atomic mass is 16.1. The number of rotatable bonds is 2. The van der Waals surface area contributed by atoms with Crippen LogP contribution in [-0.4, -0.2) is 17.3 Å². The maximum atomic E-state index is 10.6. The van der Waals surface area contributed by atoms with E-state index in [0.29, 0.717) is 6.54 Å². The molecule has 0 saturated heterocycles. The molecule has 0 aliphatic rings. The van der Waals surface area contributed by atoms with Crippen molar-refractivity contribution in [1.29, 1.82) is 0 Å². The van der Waals surface area contributed by atoms with Gasteiger partial charge in [-0.1, -0.05) is 23.0 Å². The van der Waals surface area contributed by atoms with Crippen LogP contribution in [0.5, 0.6) is 0 Å². The molecule has 16 heavy (non-hydrogen) atoms. The Morgan fingerprint density at radius 3 is 3.06 bits per heavy atom. The van der Waals surface area contributed by atoms with Gasteiger partial charge in [-0.15, -0.1) is 0 Å². The first-order valence-corrected chi connectivity index (χ1v) is 5.25. The van der Waals surface area contributed by atoms with E-state index in [1.54, 1.807) is 0 Å². The van der Waals surface area contributed by atoms with Crippen LogP contribution in [0.15, 0.2) is 30.5 Å². The average molecular weight is 213 g/mol. The van der Waals surface area contributed by atoms with Gasteiger partial charge in [-0.25, -0.2) is 0 Å². The van der Waals surface area contributed by atoms with Gasteiger partial charge in [0.05, 0.1) is 6.42 Å². The van der Waals surface area contributed by atoms with Crippen molar-refractivity contribution in [2.45, 2.75) is 13.3 Å². The van der Waals surface area contributed by atoms with Gasteiger partial charge in [0, 0.05) is 24.0 Å². The normalized spacial score (nSPS) is 9.81. The maximum Gasteiger partial charge on any atom is 0.350 e. The number of Topliss-reactive ketones (excluding diaryl/α,β-unsaturated/α-hetero) is 1. The standard InChI is InChI=1S/C13H12N2O/c1-10(16)8-14-7-6-11-9-15-13-5-3-2-4-12(11)13/h2-5,9H,6-7H2,1H3/p+1. The molecule has 2 rings (SSSR count). The number of nitrogens with zero attached hydrogens (tertiary/aromatic N) is 1. The molecule has 0 radical (unpaired) electrons. The van der Waals surface area contributed by atoms with E-state index >= 15 is 0 Å². The summed E-state index contributed by atoms with van der Waals surface area (Å²) in [6.45, 7) is 2.05. The minimum atomic E-state index is -0.126. The number of hydrogen-bond donors (Lipinski definition) is 1. The Labute approximate surface area is 93.9 Å². The van der Waals surface area contributed by atoms with E-state index in [4.69, 9.17) is 0 Å². The molecule has 0 unspecified atom stereocenters. The predicted molar refractivity (Wildman–Crippen MR) is 64.8 cm³/mol. The van der Waals surface area contributed by atoms with Crippen molar-refractivity contribution in [1.82, 2.24) is 4.98 Å². The molecule has 0 saturated carbocycles. The molecule has 0 spiro atoms. The number of nitrogens with one attached hydrogen (secondary N) is 1. The van der Waals surface area contributed by atoms with Crippen molar-refractivity contribution in [2.75, 3.05) is 6.54 Å². The van der Waals surface area contributed by atoms with Gasteiger partial charge in [0.1, 0.15) is 0 Å². The zero-order valence-electron chi connectivity index (χ0n) is 9.16. The topological polar surface area (TPSA) is 37.2 Å². The number of carbonyl (C=O) groups is 1. The number of H-pyrrole nitrogens is 1. The third kappa shape index (κ3) is 2.29. The number of carbonyl (C=O) groups excluding carboxylic acids is 1. The highest BCUT2D eigenvalue weighted by molar-refractivity contribution is 5.92. The fourth-order valence-electron chi connectivity index (χ4n) is 1.68. The lowest BCUT2D eigenvalue weighted by Crippen LogP contribution is -1.87. The van der Waals surface area contributed by atoms with Crippen LogP contribution < -0.4 is 0 Å². The lowest BCUT2D eigenvalue weighted by molar-refractivity contribution is -0.111. The van der Waals surface area contributed by atoms with Gasteiger partial charge in [-0.2, -0.15) is 0 Å². The number of aromatic amines is 1. The second kappa shape index (κ2) is 4.63. The number of benzene rings is 1. The van der Waals surface area contributed by atoms with Crippen molar-refractivity contribution >= 4 is 16.7 Å². The second-order valence-electron chi connectivity index (χ2n) is 3.66. The minimum absolute atomic E-state index is 0.126. The van der Waals surface area contributed by atoms with E-state index in [1.807, 2.05) is 24.4 Å². The molecule has 0 fully saturated rings. The zero-order valence-corrected chi connectivity index (χ0v) is 9.16. The molecular formula is C13H13N2O+. The first kappa shape index (κ1) is 10.4. The molecule has 0 bridgehead atoms. The van der Waals surface area contributed by atoms with E-state index in [9.17, 15) is 4.79 Å². The van der Waals surface area contributed by atoms with Crippen LogP contribution >= 0.6 is 0 Å². The molecule has 1 aromatic heterocycles. The minimum Gasteiger partial charge on any atom is -0.361 e. The van der Waals surface area contributed by atoms with Crippen molar-refractivity contribution in [3.05, 3.63) is 40.9 Å². The van der Waals surface area contributed by atoms with E-state index in [2.05, 4.69) is 22.0 Å². The Morgan fingerprint density at radius 1 is 1.44 bits per heavy atom. The second-order valence-corrected chi connectivity index (χ2v) is 3.66. The van der Waals surface area contributed by atoms with Gasteiger partial charge < -0.3 is 4.98 Å². The van der Waals surface area contributed by atoms with Gasteiger partial charge in [0.2, 0.25) is 0 Å². The molecule has 3 heteroatoms. The van der Waals surface area contributed by atoms with Crippen molar-refractivity contribution in [3.63, 3.8) is 0 Å². The number of ketones is 1. The molecule has 0 aliphatic carbocycles. The van der Waals surface area contributed by atoms with E-state index < -0.39 is 0 Å². The predicted octanol–water partition coefficient (Wildman–Crippen LogP) is 2.63. The summed E-state index contributed by atoms with van der Waals surface area (Å²) in [4.78, 5) is 17.8. The Balaban J connectivity index is 2.11.